The lowest BCUT2D eigenvalue weighted by Crippen LogP contribution is -2.12. The average Bonchev–Trinajstić information content (AvgIpc) is 3.32. The minimum Gasteiger partial charge on any atom is -0.370 e. The molecule has 24 heavy (non-hydrogen) atoms. The highest BCUT2D eigenvalue weighted by molar-refractivity contribution is 7.09. The number of hydrogen-bond acceptors (Lipinski definition) is 6. The van der Waals surface area contributed by atoms with Crippen molar-refractivity contribution in [1.29, 1.82) is 0 Å². The van der Waals surface area contributed by atoms with Crippen LogP contribution < -0.4 is 11.1 Å². The van der Waals surface area contributed by atoms with Crippen LogP contribution in [0.5, 0.6) is 0 Å². The van der Waals surface area contributed by atoms with Gasteiger partial charge in [-0.15, -0.1) is 11.3 Å². The number of H-pyrrole nitrogens is 1. The fourth-order valence-electron chi connectivity index (χ4n) is 2.76. The predicted octanol–water partition coefficient (Wildman–Crippen LogP) is 2.58. The summed E-state index contributed by atoms with van der Waals surface area (Å²) < 4.78 is 5.65. The number of nitrogens with two attached hydrogens (primary N) is 1. The summed E-state index contributed by atoms with van der Waals surface area (Å²) >= 11 is 1.38. The lowest BCUT2D eigenvalue weighted by Gasteiger charge is -2.03. The number of nitrogens with zero attached hydrogens (tertiary/aromatic N) is 2. The SMILES string of the molecule is NCc1nc(C(=O)Nc2ccc3nc(C4CCCO4)[nH]c3c2)cs1. The number of thiazole rings is 1. The molecule has 3 aromatic rings. The summed E-state index contributed by atoms with van der Waals surface area (Å²) in [5, 5.41) is 5.30. The van der Waals surface area contributed by atoms with E-state index in [4.69, 9.17) is 10.5 Å². The number of aromatic nitrogens is 3. The number of carbonyl (C=O) groups is 1. The Bertz CT molecular complexity index is 882. The second-order valence-electron chi connectivity index (χ2n) is 5.64. The van der Waals surface area contributed by atoms with Gasteiger partial charge in [0.2, 0.25) is 0 Å². The fraction of sp³-hybridized carbons (Fsp3) is 0.312. The van der Waals surface area contributed by atoms with E-state index < -0.39 is 0 Å². The molecule has 0 saturated carbocycles. The molecule has 1 saturated heterocycles. The van der Waals surface area contributed by atoms with Crippen LogP contribution in [-0.2, 0) is 11.3 Å². The molecule has 1 unspecified atom stereocenters. The van der Waals surface area contributed by atoms with Crippen molar-refractivity contribution < 1.29 is 9.53 Å². The molecule has 1 aliphatic rings. The smallest absolute Gasteiger partial charge is 0.275 e. The zero-order chi connectivity index (χ0) is 16.5. The summed E-state index contributed by atoms with van der Waals surface area (Å²) in [6.07, 6.45) is 2.08. The minimum absolute atomic E-state index is 0.0418. The summed E-state index contributed by atoms with van der Waals surface area (Å²) in [6, 6.07) is 5.58. The number of amides is 1. The first-order valence-corrected chi connectivity index (χ1v) is 8.68. The Morgan fingerprint density at radius 3 is 3.12 bits per heavy atom. The van der Waals surface area contributed by atoms with Gasteiger partial charge in [-0.25, -0.2) is 9.97 Å². The molecule has 4 rings (SSSR count). The first-order chi connectivity index (χ1) is 11.7. The van der Waals surface area contributed by atoms with E-state index in [2.05, 4.69) is 20.3 Å². The van der Waals surface area contributed by atoms with Crippen LogP contribution in [0.3, 0.4) is 0 Å². The Kier molecular flexibility index (Phi) is 4.01. The standard InChI is InChI=1S/C16H17N5O2S/c17-7-14-19-12(8-24-14)16(22)18-9-3-4-10-11(6-9)21-15(20-10)13-2-1-5-23-13/h3-4,6,8,13H,1-2,5,7,17H2,(H,18,22)(H,20,21). The molecule has 0 radical (unpaired) electrons. The van der Waals surface area contributed by atoms with Gasteiger partial charge < -0.3 is 20.8 Å². The van der Waals surface area contributed by atoms with Gasteiger partial charge in [0.1, 0.15) is 22.6 Å². The topological polar surface area (TPSA) is 106 Å². The van der Waals surface area contributed by atoms with Crippen molar-refractivity contribution in [3.05, 3.63) is 40.1 Å². The van der Waals surface area contributed by atoms with E-state index in [1.54, 1.807) is 5.38 Å². The number of imidazole rings is 1. The zero-order valence-corrected chi connectivity index (χ0v) is 13.7. The molecular formula is C16H17N5O2S. The lowest BCUT2D eigenvalue weighted by molar-refractivity contribution is 0.102. The maximum absolute atomic E-state index is 12.2. The van der Waals surface area contributed by atoms with Crippen molar-refractivity contribution in [2.75, 3.05) is 11.9 Å². The van der Waals surface area contributed by atoms with E-state index >= 15 is 0 Å². The second-order valence-corrected chi connectivity index (χ2v) is 6.58. The molecular weight excluding hydrogens is 326 g/mol. The largest absolute Gasteiger partial charge is 0.370 e. The van der Waals surface area contributed by atoms with E-state index in [1.165, 1.54) is 11.3 Å². The monoisotopic (exact) mass is 343 g/mol. The minimum atomic E-state index is -0.246. The molecule has 8 heteroatoms. The summed E-state index contributed by atoms with van der Waals surface area (Å²) in [4.78, 5) is 24.3. The van der Waals surface area contributed by atoms with Gasteiger partial charge >= 0.3 is 0 Å². The van der Waals surface area contributed by atoms with E-state index in [1.807, 2.05) is 18.2 Å². The van der Waals surface area contributed by atoms with E-state index in [0.717, 1.165) is 41.3 Å². The molecule has 1 atom stereocenters. The molecule has 2 aromatic heterocycles. The Labute approximate surface area is 142 Å². The molecule has 1 aliphatic heterocycles. The van der Waals surface area contributed by atoms with E-state index in [9.17, 15) is 4.79 Å². The number of rotatable bonds is 4. The molecule has 3 heterocycles. The van der Waals surface area contributed by atoms with Gasteiger partial charge in [0.05, 0.1) is 11.0 Å². The van der Waals surface area contributed by atoms with Crippen molar-refractivity contribution in [3.8, 4) is 0 Å². The lowest BCUT2D eigenvalue weighted by atomic mass is 10.2. The molecule has 1 amide bonds. The van der Waals surface area contributed by atoms with Gasteiger partial charge in [0.15, 0.2) is 0 Å². The molecule has 1 aromatic carbocycles. The van der Waals surface area contributed by atoms with Gasteiger partial charge in [0, 0.05) is 24.2 Å². The van der Waals surface area contributed by atoms with Gasteiger partial charge in [-0.05, 0) is 31.0 Å². The number of carbonyl (C=O) groups excluding carboxylic acids is 1. The van der Waals surface area contributed by atoms with Crippen LogP contribution in [0.1, 0.15) is 40.3 Å². The van der Waals surface area contributed by atoms with E-state index in [0.29, 0.717) is 17.9 Å². The Balaban J connectivity index is 1.54. The summed E-state index contributed by atoms with van der Waals surface area (Å²) in [5.41, 5.74) is 8.33. The Morgan fingerprint density at radius 2 is 2.38 bits per heavy atom. The highest BCUT2D eigenvalue weighted by Crippen LogP contribution is 2.28. The van der Waals surface area contributed by atoms with Crippen molar-refractivity contribution in [3.63, 3.8) is 0 Å². The molecule has 7 nitrogen and oxygen atoms in total. The maximum atomic E-state index is 12.2. The third-order valence-electron chi connectivity index (χ3n) is 3.95. The number of anilines is 1. The molecule has 1 fully saturated rings. The zero-order valence-electron chi connectivity index (χ0n) is 12.9. The molecule has 0 aliphatic carbocycles. The van der Waals surface area contributed by atoms with Gasteiger partial charge in [-0.3, -0.25) is 4.79 Å². The molecule has 124 valence electrons. The van der Waals surface area contributed by atoms with Crippen LogP contribution in [-0.4, -0.2) is 27.5 Å². The molecule has 4 N–H and O–H groups in total. The van der Waals surface area contributed by atoms with Crippen LogP contribution in [0, 0.1) is 0 Å². The van der Waals surface area contributed by atoms with Crippen LogP contribution in [0.25, 0.3) is 11.0 Å². The first-order valence-electron chi connectivity index (χ1n) is 7.80. The summed E-state index contributed by atoms with van der Waals surface area (Å²) in [5.74, 6) is 0.599. The average molecular weight is 343 g/mol. The highest BCUT2D eigenvalue weighted by atomic mass is 32.1. The van der Waals surface area contributed by atoms with Crippen molar-refractivity contribution >= 4 is 34.0 Å². The van der Waals surface area contributed by atoms with Crippen LogP contribution >= 0.6 is 11.3 Å². The third kappa shape index (κ3) is 2.91. The normalized spacial score (nSPS) is 17.5. The number of nitrogens with one attached hydrogen (secondary N) is 2. The highest BCUT2D eigenvalue weighted by Gasteiger charge is 2.21. The predicted molar refractivity (Wildman–Crippen MR) is 92.0 cm³/mol. The molecule has 0 spiro atoms. The van der Waals surface area contributed by atoms with Crippen molar-refractivity contribution in [2.24, 2.45) is 5.73 Å². The van der Waals surface area contributed by atoms with Gasteiger partial charge in [0.25, 0.3) is 5.91 Å². The van der Waals surface area contributed by atoms with Crippen LogP contribution in [0.2, 0.25) is 0 Å². The maximum Gasteiger partial charge on any atom is 0.275 e. The summed E-state index contributed by atoms with van der Waals surface area (Å²) in [7, 11) is 0. The number of ether oxygens (including phenoxy) is 1. The summed E-state index contributed by atoms with van der Waals surface area (Å²) in [6.45, 7) is 1.12. The van der Waals surface area contributed by atoms with E-state index in [-0.39, 0.29) is 12.0 Å². The quantitative estimate of drug-likeness (QED) is 0.675. The number of benzene rings is 1. The Morgan fingerprint density at radius 1 is 1.46 bits per heavy atom. The third-order valence-corrected chi connectivity index (χ3v) is 4.82. The van der Waals surface area contributed by atoms with Crippen LogP contribution in [0.4, 0.5) is 5.69 Å². The van der Waals surface area contributed by atoms with Crippen molar-refractivity contribution in [1.82, 2.24) is 15.0 Å². The fourth-order valence-corrected chi connectivity index (χ4v) is 3.41. The first kappa shape index (κ1) is 15.3. The van der Waals surface area contributed by atoms with Gasteiger partial charge in [-0.2, -0.15) is 0 Å². The van der Waals surface area contributed by atoms with Crippen molar-refractivity contribution in [2.45, 2.75) is 25.5 Å². The second kappa shape index (κ2) is 6.31. The number of fused-ring (bicyclic) bond motifs is 1. The number of aromatic amines is 1. The molecule has 0 bridgehead atoms. The van der Waals surface area contributed by atoms with Gasteiger partial charge in [-0.1, -0.05) is 0 Å². The number of hydrogen-bond donors (Lipinski definition) is 3. The van der Waals surface area contributed by atoms with Crippen LogP contribution in [0.15, 0.2) is 23.6 Å². The Hall–Kier alpha value is -2.29.